The highest BCUT2D eigenvalue weighted by atomic mass is 16.3. The first-order valence-electron chi connectivity index (χ1n) is 9.97. The third-order valence-corrected chi connectivity index (χ3v) is 5.28. The molecule has 2 aliphatic heterocycles. The number of carbonyl (C=O) groups is 2. The predicted octanol–water partition coefficient (Wildman–Crippen LogP) is -0.276. The van der Waals surface area contributed by atoms with Crippen LogP contribution in [0.25, 0.3) is 0 Å². The van der Waals surface area contributed by atoms with Crippen LogP contribution in [0.3, 0.4) is 0 Å². The third-order valence-electron chi connectivity index (χ3n) is 5.28. The maximum absolute atomic E-state index is 12.4. The number of Topliss-reactive ketones (excluding diaryl/α,β-unsaturated/α-hetero) is 2. The summed E-state index contributed by atoms with van der Waals surface area (Å²) >= 11 is 0. The number of aliphatic hydroxyl groups excluding tert-OH is 1. The van der Waals surface area contributed by atoms with Crippen molar-refractivity contribution in [3.05, 3.63) is 47.7 Å². The lowest BCUT2D eigenvalue weighted by Crippen LogP contribution is -2.48. The summed E-state index contributed by atoms with van der Waals surface area (Å²) < 4.78 is 0. The fourth-order valence-corrected chi connectivity index (χ4v) is 3.68. The van der Waals surface area contributed by atoms with Crippen molar-refractivity contribution in [2.75, 3.05) is 65.5 Å². The van der Waals surface area contributed by atoms with Gasteiger partial charge < -0.3 is 10.4 Å². The molecular weight excluding hydrogens is 356 g/mol. The molecule has 2 saturated heterocycles. The number of hydrogen-bond acceptors (Lipinski definition) is 7. The van der Waals surface area contributed by atoms with E-state index in [1.54, 1.807) is 6.20 Å². The average molecular weight is 386 g/mol. The van der Waals surface area contributed by atoms with Gasteiger partial charge in [-0.15, -0.1) is 0 Å². The highest BCUT2D eigenvalue weighted by Gasteiger charge is 2.28. The minimum absolute atomic E-state index is 0.114. The number of aliphatic hydroxyl groups is 1. The maximum atomic E-state index is 12.4. The van der Waals surface area contributed by atoms with E-state index in [1.807, 2.05) is 35.2 Å². The van der Waals surface area contributed by atoms with Gasteiger partial charge in [0.2, 0.25) is 0 Å². The zero-order chi connectivity index (χ0) is 19.8. The Bertz CT molecular complexity index is 664. The van der Waals surface area contributed by atoms with E-state index in [2.05, 4.69) is 15.1 Å². The van der Waals surface area contributed by atoms with Crippen molar-refractivity contribution in [3.63, 3.8) is 0 Å². The van der Waals surface area contributed by atoms with Crippen LogP contribution in [0, 0.1) is 0 Å². The fourth-order valence-electron chi connectivity index (χ4n) is 3.68. The van der Waals surface area contributed by atoms with Crippen molar-refractivity contribution in [1.82, 2.24) is 20.0 Å². The third kappa shape index (κ3) is 5.97. The van der Waals surface area contributed by atoms with Crippen LogP contribution in [0.1, 0.15) is 5.56 Å². The van der Waals surface area contributed by atoms with Crippen molar-refractivity contribution < 1.29 is 14.7 Å². The Balaban J connectivity index is 1.40. The summed E-state index contributed by atoms with van der Waals surface area (Å²) in [4.78, 5) is 31.3. The Labute approximate surface area is 166 Å². The molecule has 7 heteroatoms. The number of benzene rings is 1. The molecule has 0 saturated carbocycles. The molecule has 2 N–H and O–H groups in total. The van der Waals surface area contributed by atoms with Crippen LogP contribution < -0.4 is 5.32 Å². The van der Waals surface area contributed by atoms with E-state index < -0.39 is 0 Å². The zero-order valence-corrected chi connectivity index (χ0v) is 16.3. The molecule has 152 valence electrons. The van der Waals surface area contributed by atoms with Crippen LogP contribution in [0.4, 0.5) is 0 Å². The minimum Gasteiger partial charge on any atom is -0.395 e. The number of nitrogens with one attached hydrogen (secondary N) is 1. The Kier molecular flexibility index (Phi) is 7.73. The Morgan fingerprint density at radius 3 is 2.11 bits per heavy atom. The van der Waals surface area contributed by atoms with E-state index in [9.17, 15) is 9.59 Å². The Hall–Kier alpha value is -2.06. The average Bonchev–Trinajstić information content (AvgIpc) is 2.69. The highest BCUT2D eigenvalue weighted by molar-refractivity contribution is 6.23. The molecule has 1 aromatic carbocycles. The van der Waals surface area contributed by atoms with E-state index in [1.165, 1.54) is 0 Å². The SMILES string of the molecule is O=C1CN(Cc2ccccc2)CC(=O)C1=CNCCN1CCN(CCO)CC1. The number of rotatable bonds is 8. The van der Waals surface area contributed by atoms with Crippen molar-refractivity contribution in [2.24, 2.45) is 0 Å². The molecule has 2 aliphatic rings. The molecule has 0 spiro atoms. The van der Waals surface area contributed by atoms with Gasteiger partial charge in [0.1, 0.15) is 0 Å². The first-order valence-corrected chi connectivity index (χ1v) is 9.97. The molecule has 0 bridgehead atoms. The summed E-state index contributed by atoms with van der Waals surface area (Å²) in [5.74, 6) is -0.227. The smallest absolute Gasteiger partial charge is 0.181 e. The summed E-state index contributed by atoms with van der Waals surface area (Å²) in [6.45, 7) is 7.59. The first kappa shape index (κ1) is 20.7. The predicted molar refractivity (Wildman–Crippen MR) is 108 cm³/mol. The molecule has 0 aromatic heterocycles. The van der Waals surface area contributed by atoms with Crippen molar-refractivity contribution in [3.8, 4) is 0 Å². The van der Waals surface area contributed by atoms with Crippen LogP contribution in [0.15, 0.2) is 42.1 Å². The molecule has 28 heavy (non-hydrogen) atoms. The molecule has 2 heterocycles. The van der Waals surface area contributed by atoms with Crippen LogP contribution >= 0.6 is 0 Å². The molecule has 1 aromatic rings. The van der Waals surface area contributed by atoms with Crippen LogP contribution in [-0.2, 0) is 16.1 Å². The van der Waals surface area contributed by atoms with E-state index >= 15 is 0 Å². The molecule has 0 amide bonds. The number of piperidine rings is 1. The second-order valence-electron chi connectivity index (χ2n) is 7.40. The lowest BCUT2D eigenvalue weighted by molar-refractivity contribution is -0.126. The van der Waals surface area contributed by atoms with Gasteiger partial charge in [0.15, 0.2) is 11.6 Å². The van der Waals surface area contributed by atoms with E-state index in [-0.39, 0.29) is 36.8 Å². The number of nitrogens with zero attached hydrogens (tertiary/aromatic N) is 3. The van der Waals surface area contributed by atoms with E-state index in [0.29, 0.717) is 13.1 Å². The van der Waals surface area contributed by atoms with Gasteiger partial charge >= 0.3 is 0 Å². The number of hydrogen-bond donors (Lipinski definition) is 2. The van der Waals surface area contributed by atoms with Crippen LogP contribution in [0.2, 0.25) is 0 Å². The standard InChI is InChI=1S/C21H30N4O3/c26-13-12-24-10-8-23(9-11-24)7-6-22-14-19-20(27)16-25(17-21(19)28)15-18-4-2-1-3-5-18/h1-5,14,22,26H,6-13,15-17H2. The van der Waals surface area contributed by atoms with Gasteiger partial charge in [-0.1, -0.05) is 30.3 Å². The Morgan fingerprint density at radius 1 is 0.893 bits per heavy atom. The van der Waals surface area contributed by atoms with Crippen molar-refractivity contribution in [2.45, 2.75) is 6.54 Å². The fraction of sp³-hybridized carbons (Fsp3) is 0.524. The normalized spacial score (nSPS) is 19.8. The molecule has 2 fully saturated rings. The van der Waals surface area contributed by atoms with Gasteiger partial charge in [-0.3, -0.25) is 24.3 Å². The molecular formula is C21H30N4O3. The maximum Gasteiger partial charge on any atom is 0.181 e. The van der Waals surface area contributed by atoms with Gasteiger partial charge in [0.25, 0.3) is 0 Å². The quantitative estimate of drug-likeness (QED) is 0.362. The molecule has 0 unspecified atom stereocenters. The summed E-state index contributed by atoms with van der Waals surface area (Å²) in [6.07, 6.45) is 1.60. The Morgan fingerprint density at radius 2 is 1.50 bits per heavy atom. The van der Waals surface area contributed by atoms with Crippen molar-refractivity contribution >= 4 is 11.6 Å². The summed E-state index contributed by atoms with van der Waals surface area (Å²) in [5.41, 5.74) is 1.39. The largest absolute Gasteiger partial charge is 0.395 e. The van der Waals surface area contributed by atoms with Crippen LogP contribution in [0.5, 0.6) is 0 Å². The topological polar surface area (TPSA) is 76.1 Å². The monoisotopic (exact) mass is 386 g/mol. The number of carbonyl (C=O) groups excluding carboxylic acids is 2. The molecule has 0 radical (unpaired) electrons. The molecule has 3 rings (SSSR count). The lowest BCUT2D eigenvalue weighted by Gasteiger charge is -2.34. The number of likely N-dealkylation sites (tertiary alicyclic amines) is 1. The molecule has 0 aliphatic carbocycles. The van der Waals surface area contributed by atoms with Gasteiger partial charge in [0.05, 0.1) is 25.3 Å². The van der Waals surface area contributed by atoms with Gasteiger partial charge in [-0.2, -0.15) is 0 Å². The van der Waals surface area contributed by atoms with E-state index in [0.717, 1.165) is 44.8 Å². The van der Waals surface area contributed by atoms with Gasteiger partial charge in [-0.05, 0) is 5.56 Å². The second kappa shape index (κ2) is 10.5. The summed E-state index contributed by atoms with van der Waals surface area (Å²) in [6, 6.07) is 9.89. The molecule has 7 nitrogen and oxygen atoms in total. The molecule has 0 atom stereocenters. The number of ketones is 2. The number of β-amino-alcohol motifs (C(OH)–C–C–N with tert-alkyl or cyclic N) is 1. The summed E-state index contributed by atoms with van der Waals surface area (Å²) in [5, 5.41) is 12.1. The van der Waals surface area contributed by atoms with E-state index in [4.69, 9.17) is 5.11 Å². The summed E-state index contributed by atoms with van der Waals surface area (Å²) in [7, 11) is 0. The van der Waals surface area contributed by atoms with Gasteiger partial charge in [0, 0.05) is 58.6 Å². The number of piperazine rings is 1. The minimum atomic E-state index is -0.114. The van der Waals surface area contributed by atoms with Crippen LogP contribution in [-0.4, -0.2) is 96.9 Å². The first-order chi connectivity index (χ1) is 13.7. The second-order valence-corrected chi connectivity index (χ2v) is 7.40. The highest BCUT2D eigenvalue weighted by Crippen LogP contribution is 2.13. The van der Waals surface area contributed by atoms with Crippen molar-refractivity contribution in [1.29, 1.82) is 0 Å². The van der Waals surface area contributed by atoms with Gasteiger partial charge in [-0.25, -0.2) is 0 Å². The lowest BCUT2D eigenvalue weighted by atomic mass is 10.0. The zero-order valence-electron chi connectivity index (χ0n) is 16.3.